The lowest BCUT2D eigenvalue weighted by molar-refractivity contribution is -0.140. The van der Waals surface area contributed by atoms with E-state index in [-0.39, 0.29) is 35.7 Å². The molecule has 2 saturated heterocycles. The van der Waals surface area contributed by atoms with Crippen LogP contribution in [0.25, 0.3) is 0 Å². The van der Waals surface area contributed by atoms with Gasteiger partial charge in [0.15, 0.2) is 0 Å². The number of hydrogen-bond donors (Lipinski definition) is 0. The minimum Gasteiger partial charge on any atom is -0.371 e. The zero-order chi connectivity index (χ0) is 17.7. The van der Waals surface area contributed by atoms with Gasteiger partial charge in [0.25, 0.3) is 0 Å². The third-order valence-electron chi connectivity index (χ3n) is 5.97. The van der Waals surface area contributed by atoms with E-state index in [0.29, 0.717) is 25.9 Å². The fraction of sp³-hybridized carbons (Fsp3) is 0.526. The fourth-order valence-corrected chi connectivity index (χ4v) is 4.68. The number of fused-ring (bicyclic) bond motifs is 4. The zero-order valence-electron chi connectivity index (χ0n) is 14.6. The molecule has 25 heavy (non-hydrogen) atoms. The summed E-state index contributed by atoms with van der Waals surface area (Å²) in [5, 5.41) is 0. The molecule has 1 aromatic carbocycles. The molecule has 2 bridgehead atoms. The largest absolute Gasteiger partial charge is 0.371 e. The number of carbonyl (C=O) groups is 3. The number of likely N-dealkylation sites (tertiary alicyclic amines) is 2. The first-order valence-electron chi connectivity index (χ1n) is 8.89. The van der Waals surface area contributed by atoms with Gasteiger partial charge in [0.2, 0.25) is 17.7 Å². The van der Waals surface area contributed by atoms with Crippen LogP contribution in [0.1, 0.15) is 37.8 Å². The van der Waals surface area contributed by atoms with Crippen molar-refractivity contribution in [2.75, 3.05) is 25.0 Å². The molecule has 3 atom stereocenters. The Kier molecular flexibility index (Phi) is 3.78. The molecule has 4 rings (SSSR count). The van der Waals surface area contributed by atoms with Gasteiger partial charge in [0.1, 0.15) is 0 Å². The molecule has 1 aromatic rings. The molecular formula is C19H23N3O3. The predicted octanol–water partition coefficient (Wildman–Crippen LogP) is 1.56. The Morgan fingerprint density at radius 2 is 1.84 bits per heavy atom. The highest BCUT2D eigenvalue weighted by Gasteiger charge is 2.45. The zero-order valence-corrected chi connectivity index (χ0v) is 14.6. The Labute approximate surface area is 147 Å². The second kappa shape index (κ2) is 5.86. The van der Waals surface area contributed by atoms with Crippen LogP contribution in [0.3, 0.4) is 0 Å². The van der Waals surface area contributed by atoms with Crippen LogP contribution in [0.15, 0.2) is 24.3 Å². The monoisotopic (exact) mass is 341 g/mol. The molecule has 3 amide bonds. The Bertz CT molecular complexity index is 731. The number of benzene rings is 1. The third kappa shape index (κ3) is 2.51. The fourth-order valence-electron chi connectivity index (χ4n) is 4.68. The number of anilines is 1. The van der Waals surface area contributed by atoms with Crippen molar-refractivity contribution in [3.05, 3.63) is 29.8 Å². The van der Waals surface area contributed by atoms with E-state index in [1.54, 1.807) is 6.92 Å². The van der Waals surface area contributed by atoms with Crippen LogP contribution in [0.4, 0.5) is 5.69 Å². The summed E-state index contributed by atoms with van der Waals surface area (Å²) in [5.41, 5.74) is 2.32. The number of carbonyl (C=O) groups excluding carboxylic acids is 3. The highest BCUT2D eigenvalue weighted by molar-refractivity contribution is 6.01. The standard InChI is InChI=1S/C19H23N3O3/c1-12(23)21-10-13(11-22-18(24)7-8-19(22)25)16-9-17(21)14-5-3-4-6-15(14)20(16)2/h3-6,13,16-17H,7-11H2,1-2H3/t13-,16-,17-/m0/s1. The van der Waals surface area contributed by atoms with E-state index in [0.717, 1.165) is 12.1 Å². The lowest BCUT2D eigenvalue weighted by Gasteiger charge is -2.52. The number of nitrogens with zero attached hydrogens (tertiary/aromatic N) is 3. The molecule has 0 unspecified atom stereocenters. The third-order valence-corrected chi connectivity index (χ3v) is 5.97. The molecule has 132 valence electrons. The van der Waals surface area contributed by atoms with Crippen LogP contribution >= 0.6 is 0 Å². The first-order chi connectivity index (χ1) is 12.0. The van der Waals surface area contributed by atoms with Gasteiger partial charge in [-0.3, -0.25) is 19.3 Å². The molecule has 0 saturated carbocycles. The molecule has 2 fully saturated rings. The van der Waals surface area contributed by atoms with E-state index in [1.165, 1.54) is 10.5 Å². The number of imide groups is 1. The van der Waals surface area contributed by atoms with Crippen LogP contribution in [-0.2, 0) is 14.4 Å². The van der Waals surface area contributed by atoms with Crippen molar-refractivity contribution in [2.45, 2.75) is 38.3 Å². The molecule has 0 aliphatic carbocycles. The van der Waals surface area contributed by atoms with E-state index in [4.69, 9.17) is 0 Å². The van der Waals surface area contributed by atoms with Crippen LogP contribution in [0.2, 0.25) is 0 Å². The summed E-state index contributed by atoms with van der Waals surface area (Å²) in [5.74, 6) is -0.0443. The molecule has 0 aromatic heterocycles. The number of para-hydroxylation sites is 1. The van der Waals surface area contributed by atoms with Gasteiger partial charge in [-0.2, -0.15) is 0 Å². The predicted molar refractivity (Wildman–Crippen MR) is 92.8 cm³/mol. The Morgan fingerprint density at radius 1 is 1.16 bits per heavy atom. The van der Waals surface area contributed by atoms with Crippen molar-refractivity contribution >= 4 is 23.4 Å². The Morgan fingerprint density at radius 3 is 2.52 bits per heavy atom. The summed E-state index contributed by atoms with van der Waals surface area (Å²) in [4.78, 5) is 41.9. The van der Waals surface area contributed by atoms with Crippen molar-refractivity contribution in [1.29, 1.82) is 0 Å². The maximum atomic E-state index is 12.3. The maximum Gasteiger partial charge on any atom is 0.229 e. The van der Waals surface area contributed by atoms with E-state index < -0.39 is 0 Å². The van der Waals surface area contributed by atoms with Gasteiger partial charge >= 0.3 is 0 Å². The van der Waals surface area contributed by atoms with Gasteiger partial charge in [-0.1, -0.05) is 18.2 Å². The van der Waals surface area contributed by atoms with Gasteiger partial charge < -0.3 is 9.80 Å². The van der Waals surface area contributed by atoms with Crippen LogP contribution in [0.5, 0.6) is 0 Å². The number of piperidine rings is 1. The van der Waals surface area contributed by atoms with Crippen molar-refractivity contribution in [3.63, 3.8) is 0 Å². The van der Waals surface area contributed by atoms with E-state index >= 15 is 0 Å². The quantitative estimate of drug-likeness (QED) is 0.766. The normalized spacial score (nSPS) is 28.4. The lowest BCUT2D eigenvalue weighted by atomic mass is 9.79. The SMILES string of the molecule is CC(=O)N1C[C@@H](CN2C(=O)CCC2=O)[C@@H]2C[C@H]1c1ccccc1N2C. The van der Waals surface area contributed by atoms with Gasteiger partial charge in [0, 0.05) is 57.5 Å². The summed E-state index contributed by atoms with van der Waals surface area (Å²) < 4.78 is 0. The van der Waals surface area contributed by atoms with Gasteiger partial charge in [-0.15, -0.1) is 0 Å². The smallest absolute Gasteiger partial charge is 0.229 e. The highest BCUT2D eigenvalue weighted by Crippen LogP contribution is 2.45. The van der Waals surface area contributed by atoms with Gasteiger partial charge in [-0.25, -0.2) is 0 Å². The van der Waals surface area contributed by atoms with Crippen molar-refractivity contribution in [3.8, 4) is 0 Å². The first-order valence-corrected chi connectivity index (χ1v) is 8.89. The summed E-state index contributed by atoms with van der Waals surface area (Å²) in [6.07, 6.45) is 1.47. The Balaban J connectivity index is 1.68. The minimum atomic E-state index is -0.0830. The molecular weight excluding hydrogens is 318 g/mol. The average Bonchev–Trinajstić information content (AvgIpc) is 2.92. The van der Waals surface area contributed by atoms with Crippen molar-refractivity contribution in [2.24, 2.45) is 5.92 Å². The van der Waals surface area contributed by atoms with E-state index in [1.807, 2.05) is 17.0 Å². The second-order valence-electron chi connectivity index (χ2n) is 7.32. The van der Waals surface area contributed by atoms with Crippen LogP contribution in [-0.4, -0.2) is 53.7 Å². The topological polar surface area (TPSA) is 60.9 Å². The van der Waals surface area contributed by atoms with E-state index in [2.05, 4.69) is 24.1 Å². The molecule has 0 radical (unpaired) electrons. The second-order valence-corrected chi connectivity index (χ2v) is 7.32. The molecule has 0 spiro atoms. The molecule has 6 nitrogen and oxygen atoms in total. The van der Waals surface area contributed by atoms with Gasteiger partial charge in [-0.05, 0) is 18.1 Å². The number of amides is 3. The Hall–Kier alpha value is -2.37. The maximum absolute atomic E-state index is 12.3. The number of rotatable bonds is 2. The molecule has 3 aliphatic rings. The summed E-state index contributed by atoms with van der Waals surface area (Å²) in [6.45, 7) is 2.59. The highest BCUT2D eigenvalue weighted by atomic mass is 16.2. The molecule has 3 aliphatic heterocycles. The summed E-state index contributed by atoms with van der Waals surface area (Å²) in [7, 11) is 2.07. The van der Waals surface area contributed by atoms with Crippen LogP contribution in [0, 0.1) is 5.92 Å². The minimum absolute atomic E-state index is 0.0480. The lowest BCUT2D eigenvalue weighted by Crippen LogP contribution is -2.58. The molecule has 6 heteroatoms. The van der Waals surface area contributed by atoms with Gasteiger partial charge in [0.05, 0.1) is 6.04 Å². The number of hydrogen-bond acceptors (Lipinski definition) is 4. The summed E-state index contributed by atoms with van der Waals surface area (Å²) >= 11 is 0. The van der Waals surface area contributed by atoms with Crippen molar-refractivity contribution < 1.29 is 14.4 Å². The van der Waals surface area contributed by atoms with Crippen molar-refractivity contribution in [1.82, 2.24) is 9.80 Å². The average molecular weight is 341 g/mol. The van der Waals surface area contributed by atoms with Crippen LogP contribution < -0.4 is 4.90 Å². The molecule has 0 N–H and O–H groups in total. The molecule has 3 heterocycles. The first kappa shape index (κ1) is 16.1. The van der Waals surface area contributed by atoms with E-state index in [9.17, 15) is 14.4 Å². The summed E-state index contributed by atoms with van der Waals surface area (Å²) in [6, 6.07) is 8.50.